The van der Waals surface area contributed by atoms with Gasteiger partial charge in [0.1, 0.15) is 16.8 Å². The van der Waals surface area contributed by atoms with Crippen molar-refractivity contribution < 1.29 is 17.9 Å². The van der Waals surface area contributed by atoms with E-state index in [0.29, 0.717) is 22.5 Å². The molecule has 3 aromatic rings. The first-order chi connectivity index (χ1) is 11.0. The lowest BCUT2D eigenvalue weighted by atomic mass is 10.3. The second-order valence-corrected chi connectivity index (χ2v) is 6.29. The molecule has 1 aromatic heterocycles. The van der Waals surface area contributed by atoms with Crippen LogP contribution in [0.5, 0.6) is 5.75 Å². The standard InChI is InChI=1S/C14H12N4O4S/c1-22-11-4-7-13-14(8-11)17-18(16-13)10-2-5-12(6-3-10)23(20,21)15-9-19/h2-9H,1H3,(H,15,19). The average molecular weight is 332 g/mol. The molecule has 0 saturated carbocycles. The molecule has 2 aromatic carbocycles. The van der Waals surface area contributed by atoms with Gasteiger partial charge in [0.15, 0.2) is 0 Å². The maximum absolute atomic E-state index is 11.7. The predicted octanol–water partition coefficient (Wildman–Crippen LogP) is 0.864. The number of carbonyl (C=O) groups is 1. The summed E-state index contributed by atoms with van der Waals surface area (Å²) >= 11 is 0. The summed E-state index contributed by atoms with van der Waals surface area (Å²) < 4.78 is 30.3. The summed E-state index contributed by atoms with van der Waals surface area (Å²) in [7, 11) is -2.26. The fraction of sp³-hybridized carbons (Fsp3) is 0.0714. The monoisotopic (exact) mass is 332 g/mol. The quantitative estimate of drug-likeness (QED) is 0.695. The Bertz CT molecular complexity index is 964. The van der Waals surface area contributed by atoms with Gasteiger partial charge in [0.2, 0.25) is 6.41 Å². The van der Waals surface area contributed by atoms with Gasteiger partial charge in [0.05, 0.1) is 17.7 Å². The third kappa shape index (κ3) is 2.86. The molecule has 0 atom stereocenters. The Balaban J connectivity index is 1.97. The summed E-state index contributed by atoms with van der Waals surface area (Å²) in [6.45, 7) is 0. The Hall–Kier alpha value is -2.94. The van der Waals surface area contributed by atoms with Gasteiger partial charge in [0, 0.05) is 6.07 Å². The molecule has 23 heavy (non-hydrogen) atoms. The van der Waals surface area contributed by atoms with E-state index in [0.717, 1.165) is 0 Å². The maximum atomic E-state index is 11.7. The number of hydrogen-bond donors (Lipinski definition) is 1. The zero-order chi connectivity index (χ0) is 16.4. The van der Waals surface area contributed by atoms with Crippen LogP contribution >= 0.6 is 0 Å². The summed E-state index contributed by atoms with van der Waals surface area (Å²) in [4.78, 5) is 11.7. The minimum Gasteiger partial charge on any atom is -0.497 e. The van der Waals surface area contributed by atoms with E-state index < -0.39 is 10.0 Å². The van der Waals surface area contributed by atoms with Crippen LogP contribution in [0.4, 0.5) is 0 Å². The summed E-state index contributed by atoms with van der Waals surface area (Å²) in [6, 6.07) is 11.2. The highest BCUT2D eigenvalue weighted by molar-refractivity contribution is 7.90. The lowest BCUT2D eigenvalue weighted by Crippen LogP contribution is -2.21. The van der Waals surface area contributed by atoms with Crippen molar-refractivity contribution in [3.63, 3.8) is 0 Å². The topological polar surface area (TPSA) is 103 Å². The van der Waals surface area contributed by atoms with Gasteiger partial charge in [-0.05, 0) is 36.4 Å². The highest BCUT2D eigenvalue weighted by atomic mass is 32.2. The first-order valence-corrected chi connectivity index (χ1v) is 7.99. The Morgan fingerprint density at radius 1 is 1.09 bits per heavy atom. The SMILES string of the molecule is COc1ccc2nn(-c3ccc(S(=O)(=O)NC=O)cc3)nc2c1. The third-order valence-electron chi connectivity index (χ3n) is 3.17. The molecule has 1 amide bonds. The van der Waals surface area contributed by atoms with Gasteiger partial charge >= 0.3 is 0 Å². The molecule has 0 unspecified atom stereocenters. The van der Waals surface area contributed by atoms with Crippen molar-refractivity contribution in [2.75, 3.05) is 7.11 Å². The van der Waals surface area contributed by atoms with Crippen LogP contribution in [0.1, 0.15) is 0 Å². The molecule has 0 fully saturated rings. The van der Waals surface area contributed by atoms with Gasteiger partial charge in [-0.25, -0.2) is 8.42 Å². The van der Waals surface area contributed by atoms with Crippen LogP contribution in [-0.4, -0.2) is 36.9 Å². The van der Waals surface area contributed by atoms with Gasteiger partial charge in [-0.3, -0.25) is 9.52 Å². The number of rotatable bonds is 5. The Morgan fingerprint density at radius 2 is 1.78 bits per heavy atom. The number of methoxy groups -OCH3 is 1. The minimum absolute atomic E-state index is 0.0215. The zero-order valence-corrected chi connectivity index (χ0v) is 12.8. The van der Waals surface area contributed by atoms with E-state index in [1.807, 2.05) is 0 Å². The van der Waals surface area contributed by atoms with Gasteiger partial charge in [-0.2, -0.15) is 4.80 Å². The molecule has 8 nitrogen and oxygen atoms in total. The molecule has 0 bridgehead atoms. The predicted molar refractivity (Wildman–Crippen MR) is 81.8 cm³/mol. The smallest absolute Gasteiger partial charge is 0.263 e. The van der Waals surface area contributed by atoms with E-state index >= 15 is 0 Å². The molecule has 0 saturated heterocycles. The summed E-state index contributed by atoms with van der Waals surface area (Å²) in [5.41, 5.74) is 1.93. The van der Waals surface area contributed by atoms with E-state index in [-0.39, 0.29) is 11.3 Å². The summed E-state index contributed by atoms with van der Waals surface area (Å²) in [5, 5.41) is 8.64. The number of hydrogen-bond acceptors (Lipinski definition) is 6. The van der Waals surface area contributed by atoms with Crippen molar-refractivity contribution >= 4 is 27.5 Å². The van der Waals surface area contributed by atoms with Crippen molar-refractivity contribution in [2.24, 2.45) is 0 Å². The molecular weight excluding hydrogens is 320 g/mol. The molecule has 1 heterocycles. The van der Waals surface area contributed by atoms with Crippen LogP contribution in [0, 0.1) is 0 Å². The molecule has 0 aliphatic heterocycles. The Labute approximate surface area is 131 Å². The first kappa shape index (κ1) is 15.0. The highest BCUT2D eigenvalue weighted by Gasteiger charge is 2.13. The summed E-state index contributed by atoms with van der Waals surface area (Å²) in [5.74, 6) is 0.672. The van der Waals surface area contributed by atoms with Gasteiger partial charge in [0.25, 0.3) is 10.0 Å². The van der Waals surface area contributed by atoms with Crippen molar-refractivity contribution in [1.29, 1.82) is 0 Å². The van der Waals surface area contributed by atoms with E-state index in [9.17, 15) is 13.2 Å². The lowest BCUT2D eigenvalue weighted by molar-refractivity contribution is -0.108. The third-order valence-corrected chi connectivity index (χ3v) is 4.47. The second-order valence-electron chi connectivity index (χ2n) is 4.58. The van der Waals surface area contributed by atoms with Crippen molar-refractivity contribution in [1.82, 2.24) is 19.7 Å². The highest BCUT2D eigenvalue weighted by Crippen LogP contribution is 2.19. The van der Waals surface area contributed by atoms with Crippen LogP contribution in [0.3, 0.4) is 0 Å². The van der Waals surface area contributed by atoms with Gasteiger partial charge in [-0.1, -0.05) is 0 Å². The number of benzene rings is 2. The molecule has 3 rings (SSSR count). The fourth-order valence-corrected chi connectivity index (χ4v) is 2.78. The van der Waals surface area contributed by atoms with E-state index in [4.69, 9.17) is 4.74 Å². The van der Waals surface area contributed by atoms with Crippen molar-refractivity contribution in [3.8, 4) is 11.4 Å². The number of nitrogens with one attached hydrogen (secondary N) is 1. The number of ether oxygens (including phenoxy) is 1. The molecule has 9 heteroatoms. The van der Waals surface area contributed by atoms with Crippen LogP contribution in [-0.2, 0) is 14.8 Å². The van der Waals surface area contributed by atoms with Crippen molar-refractivity contribution in [3.05, 3.63) is 42.5 Å². The minimum atomic E-state index is -3.83. The fourth-order valence-electron chi connectivity index (χ4n) is 2.03. The number of fused-ring (bicyclic) bond motifs is 1. The van der Waals surface area contributed by atoms with E-state index in [1.54, 1.807) is 42.2 Å². The number of aromatic nitrogens is 3. The molecule has 0 aliphatic rings. The van der Waals surface area contributed by atoms with Crippen molar-refractivity contribution in [2.45, 2.75) is 4.90 Å². The largest absolute Gasteiger partial charge is 0.497 e. The maximum Gasteiger partial charge on any atom is 0.263 e. The first-order valence-electron chi connectivity index (χ1n) is 6.51. The van der Waals surface area contributed by atoms with Crippen LogP contribution in [0.2, 0.25) is 0 Å². The van der Waals surface area contributed by atoms with Crippen LogP contribution < -0.4 is 9.46 Å². The number of amides is 1. The lowest BCUT2D eigenvalue weighted by Gasteiger charge is -2.03. The molecule has 0 spiro atoms. The average Bonchev–Trinajstić information content (AvgIpc) is 2.98. The molecule has 0 aliphatic carbocycles. The molecule has 118 valence electrons. The Kier molecular flexibility index (Phi) is 3.70. The number of sulfonamides is 1. The molecular formula is C14H12N4O4S. The Morgan fingerprint density at radius 3 is 2.43 bits per heavy atom. The van der Waals surface area contributed by atoms with Gasteiger partial charge < -0.3 is 4.74 Å². The number of nitrogens with zero attached hydrogens (tertiary/aromatic N) is 3. The second kappa shape index (κ2) is 5.69. The van der Waals surface area contributed by atoms with E-state index in [2.05, 4.69) is 10.2 Å². The molecule has 0 radical (unpaired) electrons. The molecule has 1 N–H and O–H groups in total. The zero-order valence-electron chi connectivity index (χ0n) is 12.0. The van der Waals surface area contributed by atoms with E-state index in [1.165, 1.54) is 16.9 Å². The normalized spacial score (nSPS) is 11.3. The van der Waals surface area contributed by atoms with Crippen LogP contribution in [0.25, 0.3) is 16.7 Å². The van der Waals surface area contributed by atoms with Gasteiger partial charge in [-0.15, -0.1) is 10.2 Å². The number of carbonyl (C=O) groups excluding carboxylic acids is 1. The van der Waals surface area contributed by atoms with Crippen LogP contribution in [0.15, 0.2) is 47.4 Å². The summed E-state index contributed by atoms with van der Waals surface area (Å²) in [6.07, 6.45) is 0.123.